The van der Waals surface area contributed by atoms with E-state index in [0.717, 1.165) is 37.9 Å². The Morgan fingerprint density at radius 3 is 2.90 bits per heavy atom. The molecule has 0 bridgehead atoms. The summed E-state index contributed by atoms with van der Waals surface area (Å²) in [5, 5.41) is 0. The molecule has 0 saturated carbocycles. The molecule has 0 radical (unpaired) electrons. The first kappa shape index (κ1) is 16.0. The lowest BCUT2D eigenvalue weighted by atomic mass is 10.0. The highest BCUT2D eigenvalue weighted by molar-refractivity contribution is 5.76. The topological polar surface area (TPSA) is 23.6 Å². The van der Waals surface area contributed by atoms with E-state index in [9.17, 15) is 9.18 Å². The van der Waals surface area contributed by atoms with E-state index < -0.39 is 0 Å². The van der Waals surface area contributed by atoms with Crippen LogP contribution < -0.4 is 0 Å². The minimum absolute atomic E-state index is 0.143. The highest BCUT2D eigenvalue weighted by Gasteiger charge is 2.25. The van der Waals surface area contributed by atoms with E-state index in [-0.39, 0.29) is 17.8 Å². The maximum atomic E-state index is 13.7. The second kappa shape index (κ2) is 7.55. The van der Waals surface area contributed by atoms with Crippen molar-refractivity contribution < 1.29 is 9.18 Å². The van der Waals surface area contributed by atoms with E-state index in [1.165, 1.54) is 6.07 Å². The Morgan fingerprint density at radius 2 is 2.19 bits per heavy atom. The Kier molecular flexibility index (Phi) is 5.74. The van der Waals surface area contributed by atoms with Crippen molar-refractivity contribution >= 4 is 5.91 Å². The summed E-state index contributed by atoms with van der Waals surface area (Å²) in [7, 11) is 1.90. The quantitative estimate of drug-likeness (QED) is 0.833. The van der Waals surface area contributed by atoms with Crippen molar-refractivity contribution in [2.24, 2.45) is 0 Å². The van der Waals surface area contributed by atoms with Crippen molar-refractivity contribution in [3.05, 3.63) is 35.6 Å². The number of hydrogen-bond acceptors (Lipinski definition) is 2. The average molecular weight is 292 g/mol. The molecule has 1 aromatic rings. The van der Waals surface area contributed by atoms with Gasteiger partial charge >= 0.3 is 0 Å². The minimum atomic E-state index is -0.143. The highest BCUT2D eigenvalue weighted by atomic mass is 19.1. The molecule has 1 atom stereocenters. The van der Waals surface area contributed by atoms with Crippen LogP contribution in [-0.4, -0.2) is 41.9 Å². The molecule has 2 rings (SSSR count). The average Bonchev–Trinajstić information content (AvgIpc) is 2.49. The van der Waals surface area contributed by atoms with Crippen LogP contribution in [0.25, 0.3) is 0 Å². The van der Waals surface area contributed by atoms with Crippen molar-refractivity contribution in [2.45, 2.75) is 45.2 Å². The van der Waals surface area contributed by atoms with Gasteiger partial charge in [0.05, 0.1) is 0 Å². The molecule has 1 fully saturated rings. The number of rotatable bonds is 5. The Morgan fingerprint density at radius 1 is 1.43 bits per heavy atom. The molecule has 1 amide bonds. The third-order valence-electron chi connectivity index (χ3n) is 4.24. The number of hydrogen-bond donors (Lipinski definition) is 0. The van der Waals surface area contributed by atoms with Crippen LogP contribution in [0.15, 0.2) is 24.3 Å². The lowest BCUT2D eigenvalue weighted by molar-refractivity contribution is -0.133. The molecule has 1 aromatic carbocycles. The van der Waals surface area contributed by atoms with Gasteiger partial charge in [0.15, 0.2) is 0 Å². The number of benzene rings is 1. The SMILES string of the molecule is CCCC(=O)N(C)C1CCCN(Cc2ccccc2F)C1. The molecule has 0 aliphatic carbocycles. The molecule has 1 aliphatic rings. The molecule has 0 N–H and O–H groups in total. The summed E-state index contributed by atoms with van der Waals surface area (Å²) in [4.78, 5) is 16.1. The van der Waals surface area contributed by atoms with Crippen LogP contribution >= 0.6 is 0 Å². The van der Waals surface area contributed by atoms with Crippen molar-refractivity contribution in [3.63, 3.8) is 0 Å². The largest absolute Gasteiger partial charge is 0.341 e. The first-order valence-corrected chi connectivity index (χ1v) is 7.83. The Balaban J connectivity index is 1.94. The number of likely N-dealkylation sites (tertiary alicyclic amines) is 1. The fraction of sp³-hybridized carbons (Fsp3) is 0.588. The third kappa shape index (κ3) is 4.27. The molecule has 0 spiro atoms. The first-order valence-electron chi connectivity index (χ1n) is 7.83. The van der Waals surface area contributed by atoms with Gasteiger partial charge in [0.2, 0.25) is 5.91 Å². The van der Waals surface area contributed by atoms with Gasteiger partial charge in [-0.2, -0.15) is 0 Å². The molecular formula is C17H25FN2O. The number of carbonyl (C=O) groups excluding carboxylic acids is 1. The number of carbonyl (C=O) groups is 1. The van der Waals surface area contributed by atoms with Gasteiger partial charge in [0.1, 0.15) is 5.82 Å². The van der Waals surface area contributed by atoms with Crippen LogP contribution in [0, 0.1) is 5.82 Å². The fourth-order valence-corrected chi connectivity index (χ4v) is 2.95. The molecule has 3 nitrogen and oxygen atoms in total. The Bertz CT molecular complexity index is 478. The highest BCUT2D eigenvalue weighted by Crippen LogP contribution is 2.19. The summed E-state index contributed by atoms with van der Waals surface area (Å²) in [5.41, 5.74) is 0.737. The summed E-state index contributed by atoms with van der Waals surface area (Å²) in [5.74, 6) is 0.0743. The van der Waals surface area contributed by atoms with E-state index in [1.807, 2.05) is 31.0 Å². The summed E-state index contributed by atoms with van der Waals surface area (Å²) >= 11 is 0. The monoisotopic (exact) mass is 292 g/mol. The molecule has 4 heteroatoms. The maximum Gasteiger partial charge on any atom is 0.222 e. The molecular weight excluding hydrogens is 267 g/mol. The van der Waals surface area contributed by atoms with Crippen molar-refractivity contribution in [1.82, 2.24) is 9.80 Å². The molecule has 116 valence electrons. The number of likely N-dealkylation sites (N-methyl/N-ethyl adjacent to an activating group) is 1. The van der Waals surface area contributed by atoms with Gasteiger partial charge < -0.3 is 4.90 Å². The molecule has 1 heterocycles. The van der Waals surface area contributed by atoms with E-state index in [4.69, 9.17) is 0 Å². The number of amides is 1. The minimum Gasteiger partial charge on any atom is -0.341 e. The Hall–Kier alpha value is -1.42. The standard InChI is InChI=1S/C17H25FN2O/c1-3-7-17(21)19(2)15-9-6-11-20(13-15)12-14-8-4-5-10-16(14)18/h4-5,8,10,15H,3,6-7,9,11-13H2,1-2H3. The van der Waals surface area contributed by atoms with E-state index in [0.29, 0.717) is 13.0 Å². The fourth-order valence-electron chi connectivity index (χ4n) is 2.95. The van der Waals surface area contributed by atoms with Crippen LogP contribution in [-0.2, 0) is 11.3 Å². The van der Waals surface area contributed by atoms with Crippen molar-refractivity contribution in [3.8, 4) is 0 Å². The molecule has 1 unspecified atom stereocenters. The predicted molar refractivity (Wildman–Crippen MR) is 82.4 cm³/mol. The van der Waals surface area contributed by atoms with Gasteiger partial charge in [-0.1, -0.05) is 25.1 Å². The van der Waals surface area contributed by atoms with Gasteiger partial charge in [-0.15, -0.1) is 0 Å². The van der Waals surface area contributed by atoms with E-state index >= 15 is 0 Å². The molecule has 21 heavy (non-hydrogen) atoms. The zero-order chi connectivity index (χ0) is 15.2. The first-order chi connectivity index (χ1) is 10.1. The van der Waals surface area contributed by atoms with Gasteiger partial charge in [-0.25, -0.2) is 4.39 Å². The summed E-state index contributed by atoms with van der Waals surface area (Å²) in [6.07, 6.45) is 3.59. The second-order valence-electron chi connectivity index (χ2n) is 5.88. The summed E-state index contributed by atoms with van der Waals surface area (Å²) in [6, 6.07) is 7.19. The van der Waals surface area contributed by atoms with Crippen LogP contribution in [0.2, 0.25) is 0 Å². The number of halogens is 1. The molecule has 1 saturated heterocycles. The number of piperidine rings is 1. The van der Waals surface area contributed by atoms with Crippen molar-refractivity contribution in [2.75, 3.05) is 20.1 Å². The van der Waals surface area contributed by atoms with Gasteiger partial charge in [-0.3, -0.25) is 9.69 Å². The summed E-state index contributed by atoms with van der Waals surface area (Å²) in [6.45, 7) is 4.46. The van der Waals surface area contributed by atoms with Crippen LogP contribution in [0.5, 0.6) is 0 Å². The van der Waals surface area contributed by atoms with Crippen LogP contribution in [0.4, 0.5) is 4.39 Å². The van der Waals surface area contributed by atoms with Crippen LogP contribution in [0.3, 0.4) is 0 Å². The Labute approximate surface area is 126 Å². The predicted octanol–water partition coefficient (Wildman–Crippen LogP) is 3.05. The maximum absolute atomic E-state index is 13.7. The molecule has 0 aromatic heterocycles. The second-order valence-corrected chi connectivity index (χ2v) is 5.88. The van der Waals surface area contributed by atoms with Gasteiger partial charge in [-0.05, 0) is 31.9 Å². The van der Waals surface area contributed by atoms with E-state index in [1.54, 1.807) is 6.07 Å². The smallest absolute Gasteiger partial charge is 0.222 e. The van der Waals surface area contributed by atoms with E-state index in [2.05, 4.69) is 4.90 Å². The number of nitrogens with zero attached hydrogens (tertiary/aromatic N) is 2. The lowest BCUT2D eigenvalue weighted by Gasteiger charge is -2.37. The zero-order valence-corrected chi connectivity index (χ0v) is 13.0. The normalized spacial score (nSPS) is 19.5. The molecule has 1 aliphatic heterocycles. The van der Waals surface area contributed by atoms with Gasteiger partial charge in [0, 0.05) is 38.2 Å². The summed E-state index contributed by atoms with van der Waals surface area (Å²) < 4.78 is 13.7. The lowest BCUT2D eigenvalue weighted by Crippen LogP contribution is -2.48. The van der Waals surface area contributed by atoms with Crippen LogP contribution in [0.1, 0.15) is 38.2 Å². The van der Waals surface area contributed by atoms with Crippen molar-refractivity contribution in [1.29, 1.82) is 0 Å². The zero-order valence-electron chi connectivity index (χ0n) is 13.0. The third-order valence-corrected chi connectivity index (χ3v) is 4.24. The van der Waals surface area contributed by atoms with Gasteiger partial charge in [0.25, 0.3) is 0 Å².